The van der Waals surface area contributed by atoms with Crippen molar-refractivity contribution in [1.82, 2.24) is 0 Å². The molecule has 0 amide bonds. The highest BCUT2D eigenvalue weighted by atomic mass is 19.1. The van der Waals surface area contributed by atoms with Crippen molar-refractivity contribution < 1.29 is 14.2 Å². The van der Waals surface area contributed by atoms with Crippen molar-refractivity contribution in [3.63, 3.8) is 0 Å². The Morgan fingerprint density at radius 3 is 2.65 bits per heavy atom. The summed E-state index contributed by atoms with van der Waals surface area (Å²) in [5.41, 5.74) is 5.75. The summed E-state index contributed by atoms with van der Waals surface area (Å²) in [7, 11) is 1.55. The van der Waals surface area contributed by atoms with Gasteiger partial charge in [0.2, 0.25) is 0 Å². The van der Waals surface area contributed by atoms with Crippen molar-refractivity contribution in [2.45, 2.75) is 31.8 Å². The number of nitrogens with two attached hydrogens (primary N) is 1. The van der Waals surface area contributed by atoms with E-state index >= 15 is 0 Å². The second-order valence-corrected chi connectivity index (χ2v) is 4.82. The van der Waals surface area contributed by atoms with Crippen LogP contribution in [0.25, 0.3) is 0 Å². The maximum absolute atomic E-state index is 13.3. The zero-order chi connectivity index (χ0) is 13.1. The Morgan fingerprint density at radius 1 is 1.47 bits per heavy atom. The fraction of sp³-hybridized carbons (Fsp3) is 0.538. The highest BCUT2D eigenvalue weighted by Crippen LogP contribution is 2.35. The number of benzene rings is 1. The molecule has 0 aromatic heterocycles. The van der Waals surface area contributed by atoms with E-state index in [2.05, 4.69) is 0 Å². The molecule has 1 atom stereocenters. The number of halogens is 1. The maximum Gasteiger partial charge on any atom is 0.123 e. The van der Waals surface area contributed by atoms with Crippen LogP contribution in [0, 0.1) is 5.82 Å². The number of methoxy groups -OCH3 is 1. The zero-order valence-corrected chi connectivity index (χ0v) is 10.5. The maximum atomic E-state index is 13.3. The minimum Gasteiger partial charge on any atom is -0.496 e. The lowest BCUT2D eigenvalue weighted by Crippen LogP contribution is -2.30. The second-order valence-electron chi connectivity index (χ2n) is 4.82. The number of rotatable bonds is 5. The molecule has 0 fully saturated rings. The van der Waals surface area contributed by atoms with Gasteiger partial charge in [0.15, 0.2) is 0 Å². The molecule has 0 saturated heterocycles. The van der Waals surface area contributed by atoms with Crippen LogP contribution in [-0.2, 0) is 5.41 Å². The molecule has 0 heterocycles. The summed E-state index contributed by atoms with van der Waals surface area (Å²) in [4.78, 5) is 0. The van der Waals surface area contributed by atoms with Crippen molar-refractivity contribution in [1.29, 1.82) is 0 Å². The van der Waals surface area contributed by atoms with Crippen LogP contribution in [0.5, 0.6) is 5.75 Å². The highest BCUT2D eigenvalue weighted by Gasteiger charge is 2.27. The fourth-order valence-electron chi connectivity index (χ4n) is 1.99. The number of hydrogen-bond donors (Lipinski definition) is 2. The molecule has 4 heteroatoms. The molecular formula is C13H20FNO2. The Hall–Kier alpha value is -1.13. The van der Waals surface area contributed by atoms with Gasteiger partial charge in [0.25, 0.3) is 0 Å². The summed E-state index contributed by atoms with van der Waals surface area (Å²) in [6, 6.07) is 4.40. The topological polar surface area (TPSA) is 55.5 Å². The first kappa shape index (κ1) is 13.9. The molecule has 0 spiro atoms. The molecule has 0 bridgehead atoms. The lowest BCUT2D eigenvalue weighted by molar-refractivity contribution is 0.145. The van der Waals surface area contributed by atoms with Crippen molar-refractivity contribution in [2.24, 2.45) is 5.73 Å². The van der Waals surface area contributed by atoms with Crippen LogP contribution in [0.1, 0.15) is 25.8 Å². The Balaban J connectivity index is 3.07. The minimum atomic E-state index is -0.599. The molecule has 1 aromatic rings. The zero-order valence-electron chi connectivity index (χ0n) is 10.5. The average Bonchev–Trinajstić information content (AvgIpc) is 2.28. The first-order chi connectivity index (χ1) is 7.90. The predicted octanol–water partition coefficient (Wildman–Crippen LogP) is 1.82. The van der Waals surface area contributed by atoms with Crippen LogP contribution in [0.2, 0.25) is 0 Å². The van der Waals surface area contributed by atoms with Crippen molar-refractivity contribution in [3.05, 3.63) is 29.6 Å². The normalized spacial score (nSPS) is 13.5. The van der Waals surface area contributed by atoms with Gasteiger partial charge in [0, 0.05) is 12.1 Å². The van der Waals surface area contributed by atoms with E-state index in [1.165, 1.54) is 12.1 Å². The van der Waals surface area contributed by atoms with E-state index in [-0.39, 0.29) is 12.4 Å². The van der Waals surface area contributed by atoms with E-state index in [0.717, 1.165) is 5.56 Å². The molecular weight excluding hydrogens is 221 g/mol. The summed E-state index contributed by atoms with van der Waals surface area (Å²) < 4.78 is 18.5. The van der Waals surface area contributed by atoms with Gasteiger partial charge in [-0.1, -0.05) is 13.8 Å². The van der Waals surface area contributed by atoms with Gasteiger partial charge < -0.3 is 15.6 Å². The van der Waals surface area contributed by atoms with Gasteiger partial charge in [-0.05, 0) is 30.0 Å². The highest BCUT2D eigenvalue weighted by molar-refractivity contribution is 5.39. The third kappa shape index (κ3) is 3.41. The molecule has 0 radical (unpaired) electrons. The first-order valence-corrected chi connectivity index (χ1v) is 5.63. The summed E-state index contributed by atoms with van der Waals surface area (Å²) in [5.74, 6) is 0.316. The van der Waals surface area contributed by atoms with Crippen LogP contribution < -0.4 is 10.5 Å². The monoisotopic (exact) mass is 241 g/mol. The smallest absolute Gasteiger partial charge is 0.123 e. The standard InChI is InChI=1S/C13H20FNO2/c1-13(2,7-10(16)8-15)11-6-9(14)4-5-12(11)17-3/h4-6,10,16H,7-8,15H2,1-3H3/t10-/m1/s1. The van der Waals surface area contributed by atoms with E-state index in [9.17, 15) is 9.50 Å². The molecule has 0 aliphatic rings. The van der Waals surface area contributed by atoms with Gasteiger partial charge in [0.05, 0.1) is 13.2 Å². The van der Waals surface area contributed by atoms with Crippen molar-refractivity contribution >= 4 is 0 Å². The predicted molar refractivity (Wildman–Crippen MR) is 65.7 cm³/mol. The average molecular weight is 241 g/mol. The number of aliphatic hydroxyl groups excluding tert-OH is 1. The van der Waals surface area contributed by atoms with Crippen LogP contribution in [0.15, 0.2) is 18.2 Å². The molecule has 3 N–H and O–H groups in total. The summed E-state index contributed by atoms with van der Waals surface area (Å²) in [6.45, 7) is 4.06. The number of ether oxygens (including phenoxy) is 1. The molecule has 96 valence electrons. The Morgan fingerprint density at radius 2 is 2.12 bits per heavy atom. The number of aliphatic hydroxyl groups is 1. The van der Waals surface area contributed by atoms with Crippen LogP contribution in [-0.4, -0.2) is 24.9 Å². The summed E-state index contributed by atoms with van der Waals surface area (Å²) in [6.07, 6.45) is -0.137. The molecule has 0 unspecified atom stereocenters. The molecule has 1 aromatic carbocycles. The lowest BCUT2D eigenvalue weighted by Gasteiger charge is -2.29. The molecule has 0 saturated carbocycles. The molecule has 1 rings (SSSR count). The third-order valence-electron chi connectivity index (χ3n) is 2.91. The first-order valence-electron chi connectivity index (χ1n) is 5.63. The van der Waals surface area contributed by atoms with E-state index in [1.54, 1.807) is 13.2 Å². The van der Waals surface area contributed by atoms with Crippen LogP contribution >= 0.6 is 0 Å². The van der Waals surface area contributed by atoms with E-state index in [4.69, 9.17) is 10.5 Å². The second kappa shape index (κ2) is 5.47. The van der Waals surface area contributed by atoms with Crippen LogP contribution in [0.4, 0.5) is 4.39 Å². The van der Waals surface area contributed by atoms with E-state index < -0.39 is 11.5 Å². The fourth-order valence-corrected chi connectivity index (χ4v) is 1.99. The Kier molecular flexibility index (Phi) is 4.48. The summed E-state index contributed by atoms with van der Waals surface area (Å²) >= 11 is 0. The van der Waals surface area contributed by atoms with E-state index in [1.807, 2.05) is 13.8 Å². The van der Waals surface area contributed by atoms with Gasteiger partial charge in [0.1, 0.15) is 11.6 Å². The Labute approximate surface area is 101 Å². The molecule has 0 aliphatic carbocycles. The van der Waals surface area contributed by atoms with Crippen molar-refractivity contribution in [2.75, 3.05) is 13.7 Å². The molecule has 17 heavy (non-hydrogen) atoms. The van der Waals surface area contributed by atoms with Crippen LogP contribution in [0.3, 0.4) is 0 Å². The largest absolute Gasteiger partial charge is 0.496 e. The van der Waals surface area contributed by atoms with Gasteiger partial charge in [-0.15, -0.1) is 0 Å². The molecule has 3 nitrogen and oxygen atoms in total. The minimum absolute atomic E-state index is 0.195. The van der Waals surface area contributed by atoms with Crippen molar-refractivity contribution in [3.8, 4) is 5.75 Å². The van der Waals surface area contributed by atoms with Gasteiger partial charge in [-0.25, -0.2) is 4.39 Å². The van der Waals surface area contributed by atoms with Gasteiger partial charge in [-0.3, -0.25) is 0 Å². The number of hydrogen-bond acceptors (Lipinski definition) is 3. The van der Waals surface area contributed by atoms with E-state index in [0.29, 0.717) is 12.2 Å². The SMILES string of the molecule is COc1ccc(F)cc1C(C)(C)C[C@@H](O)CN. The Bertz CT molecular complexity index is 380. The third-order valence-corrected chi connectivity index (χ3v) is 2.91. The molecule has 0 aliphatic heterocycles. The quantitative estimate of drug-likeness (QED) is 0.826. The van der Waals surface area contributed by atoms with Gasteiger partial charge >= 0.3 is 0 Å². The lowest BCUT2D eigenvalue weighted by atomic mass is 9.79. The summed E-state index contributed by atoms with van der Waals surface area (Å²) in [5, 5.41) is 9.63. The van der Waals surface area contributed by atoms with Gasteiger partial charge in [-0.2, -0.15) is 0 Å².